The highest BCUT2D eigenvalue weighted by Gasteiger charge is 2.18. The number of hydrogen-bond acceptors (Lipinski definition) is 5. The third-order valence-corrected chi connectivity index (χ3v) is 6.94. The van der Waals surface area contributed by atoms with Crippen LogP contribution in [0.25, 0.3) is 22.3 Å². The summed E-state index contributed by atoms with van der Waals surface area (Å²) in [4.78, 5) is 31.5. The third-order valence-electron chi connectivity index (χ3n) is 6.06. The van der Waals surface area contributed by atoms with Crippen LogP contribution in [0.5, 0.6) is 0 Å². The number of benzene rings is 2. The number of rotatable bonds is 10. The van der Waals surface area contributed by atoms with Crippen LogP contribution >= 0.6 is 11.3 Å². The van der Waals surface area contributed by atoms with Crippen molar-refractivity contribution in [3.63, 3.8) is 0 Å². The lowest BCUT2D eigenvalue weighted by Gasteiger charge is -2.11. The molecule has 2 aromatic carbocycles. The molecule has 0 unspecified atom stereocenters. The van der Waals surface area contributed by atoms with E-state index in [9.17, 15) is 9.59 Å². The molecule has 0 radical (unpaired) electrons. The molecule has 5 aromatic rings. The number of aromatic nitrogens is 4. The fraction of sp³-hybridized carbons (Fsp3) is 0.133. The van der Waals surface area contributed by atoms with Crippen LogP contribution in [0, 0.1) is 6.92 Å². The van der Waals surface area contributed by atoms with Crippen molar-refractivity contribution in [3.05, 3.63) is 119 Å². The molecule has 9 heteroatoms. The Bertz CT molecular complexity index is 1550. The third kappa shape index (κ3) is 6.58. The standard InChI is InChI=1S/C30H28N6O2S/c1-22-10-12-23(13-11-22)29(37)33-26(30(38)32-14-6-16-35-17-15-31-21-35)19-24-20-36(25-7-3-2-4-8-25)34-28(24)27-9-5-18-39-27/h2-5,7-13,15,17-21H,6,14,16H2,1H3,(H,32,38)(H,33,37). The minimum atomic E-state index is -0.370. The van der Waals surface area contributed by atoms with Crippen LogP contribution < -0.4 is 10.6 Å². The zero-order valence-corrected chi connectivity index (χ0v) is 22.3. The van der Waals surface area contributed by atoms with Crippen molar-refractivity contribution >= 4 is 29.2 Å². The zero-order chi connectivity index (χ0) is 27.0. The van der Waals surface area contributed by atoms with Gasteiger partial charge in [-0.05, 0) is 55.1 Å². The van der Waals surface area contributed by atoms with Gasteiger partial charge in [-0.3, -0.25) is 9.59 Å². The van der Waals surface area contributed by atoms with E-state index in [4.69, 9.17) is 5.10 Å². The van der Waals surface area contributed by atoms with Crippen molar-refractivity contribution in [1.29, 1.82) is 0 Å². The van der Waals surface area contributed by atoms with Crippen molar-refractivity contribution < 1.29 is 9.59 Å². The van der Waals surface area contributed by atoms with Crippen molar-refractivity contribution in [2.24, 2.45) is 0 Å². The first-order valence-electron chi connectivity index (χ1n) is 12.6. The summed E-state index contributed by atoms with van der Waals surface area (Å²) in [6, 6.07) is 20.9. The van der Waals surface area contributed by atoms with Gasteiger partial charge in [-0.25, -0.2) is 9.67 Å². The first-order chi connectivity index (χ1) is 19.1. The smallest absolute Gasteiger partial charge is 0.267 e. The number of para-hydroxylation sites is 1. The number of carbonyl (C=O) groups is 2. The minimum absolute atomic E-state index is 0.147. The van der Waals surface area contributed by atoms with E-state index in [2.05, 4.69) is 15.6 Å². The molecule has 0 bridgehead atoms. The average molecular weight is 537 g/mol. The molecule has 0 spiro atoms. The topological polar surface area (TPSA) is 93.8 Å². The number of imidazole rings is 1. The number of carbonyl (C=O) groups excluding carboxylic acids is 2. The second kappa shape index (κ2) is 12.2. The van der Waals surface area contributed by atoms with Gasteiger partial charge in [0, 0.05) is 42.8 Å². The number of thiophene rings is 1. The predicted octanol–water partition coefficient (Wildman–Crippen LogP) is 5.08. The molecule has 3 aromatic heterocycles. The van der Waals surface area contributed by atoms with Crippen LogP contribution in [-0.2, 0) is 11.3 Å². The molecule has 0 aliphatic carbocycles. The molecule has 0 fully saturated rings. The van der Waals surface area contributed by atoms with Gasteiger partial charge in [-0.1, -0.05) is 42.0 Å². The van der Waals surface area contributed by atoms with E-state index in [0.717, 1.165) is 28.4 Å². The lowest BCUT2D eigenvalue weighted by Crippen LogP contribution is -2.35. The van der Waals surface area contributed by atoms with Gasteiger partial charge in [0.2, 0.25) is 0 Å². The Labute approximate surface area is 230 Å². The molecule has 8 nitrogen and oxygen atoms in total. The summed E-state index contributed by atoms with van der Waals surface area (Å²) in [6.07, 6.45) is 9.62. The fourth-order valence-electron chi connectivity index (χ4n) is 4.00. The summed E-state index contributed by atoms with van der Waals surface area (Å²) in [5, 5.41) is 12.6. The number of nitrogens with one attached hydrogen (secondary N) is 2. The van der Waals surface area contributed by atoms with Crippen molar-refractivity contribution in [2.45, 2.75) is 19.9 Å². The van der Waals surface area contributed by atoms with Gasteiger partial charge in [0.15, 0.2) is 0 Å². The Morgan fingerprint density at radius 1 is 1.03 bits per heavy atom. The molecular weight excluding hydrogens is 508 g/mol. The number of aryl methyl sites for hydroxylation is 2. The van der Waals surface area contributed by atoms with Crippen LogP contribution in [0.2, 0.25) is 0 Å². The van der Waals surface area contributed by atoms with E-state index in [-0.39, 0.29) is 17.5 Å². The molecule has 0 atom stereocenters. The second-order valence-corrected chi connectivity index (χ2v) is 9.93. The maximum Gasteiger partial charge on any atom is 0.267 e. The van der Waals surface area contributed by atoms with E-state index in [1.165, 1.54) is 0 Å². The molecule has 5 rings (SSSR count). The number of nitrogens with zero attached hydrogens (tertiary/aromatic N) is 4. The van der Waals surface area contributed by atoms with Gasteiger partial charge >= 0.3 is 0 Å². The zero-order valence-electron chi connectivity index (χ0n) is 21.4. The molecule has 2 amide bonds. The number of hydrogen-bond donors (Lipinski definition) is 2. The Morgan fingerprint density at radius 2 is 1.85 bits per heavy atom. The summed E-state index contributed by atoms with van der Waals surface area (Å²) in [6.45, 7) is 3.12. The monoisotopic (exact) mass is 536 g/mol. The molecule has 2 N–H and O–H groups in total. The Morgan fingerprint density at radius 3 is 2.56 bits per heavy atom. The molecular formula is C30H28N6O2S. The quantitative estimate of drug-likeness (QED) is 0.192. The van der Waals surface area contributed by atoms with Crippen molar-refractivity contribution in [3.8, 4) is 16.3 Å². The van der Waals surface area contributed by atoms with Crippen LogP contribution in [0.15, 0.2) is 103 Å². The maximum atomic E-state index is 13.4. The van der Waals surface area contributed by atoms with Crippen LogP contribution in [0.1, 0.15) is 27.9 Å². The SMILES string of the molecule is Cc1ccc(C(=O)NC(=Cc2cn(-c3ccccc3)nc2-c2cccs2)C(=O)NCCCn2ccnc2)cc1. The number of amides is 2. The van der Waals surface area contributed by atoms with E-state index >= 15 is 0 Å². The van der Waals surface area contributed by atoms with Gasteiger partial charge < -0.3 is 15.2 Å². The van der Waals surface area contributed by atoms with Crippen LogP contribution in [0.4, 0.5) is 0 Å². The Balaban J connectivity index is 1.45. The molecule has 0 saturated heterocycles. The van der Waals surface area contributed by atoms with Gasteiger partial charge in [-0.15, -0.1) is 11.3 Å². The second-order valence-electron chi connectivity index (χ2n) is 8.98. The summed E-state index contributed by atoms with van der Waals surface area (Å²) < 4.78 is 3.73. The molecule has 0 aliphatic rings. The van der Waals surface area contributed by atoms with Gasteiger partial charge in [0.05, 0.1) is 16.9 Å². The molecule has 0 aliphatic heterocycles. The molecule has 3 heterocycles. The summed E-state index contributed by atoms with van der Waals surface area (Å²) in [7, 11) is 0. The van der Waals surface area contributed by atoms with Crippen molar-refractivity contribution in [2.75, 3.05) is 6.54 Å². The van der Waals surface area contributed by atoms with E-state index < -0.39 is 0 Å². The molecule has 39 heavy (non-hydrogen) atoms. The predicted molar refractivity (Wildman–Crippen MR) is 153 cm³/mol. The van der Waals surface area contributed by atoms with Crippen LogP contribution in [-0.4, -0.2) is 37.7 Å². The van der Waals surface area contributed by atoms with Gasteiger partial charge in [0.25, 0.3) is 11.8 Å². The first kappa shape index (κ1) is 25.9. The highest BCUT2D eigenvalue weighted by molar-refractivity contribution is 7.13. The Kier molecular flexibility index (Phi) is 8.09. The lowest BCUT2D eigenvalue weighted by molar-refractivity contribution is -0.117. The van der Waals surface area contributed by atoms with E-state index in [1.807, 2.05) is 83.9 Å². The first-order valence-corrected chi connectivity index (χ1v) is 13.5. The highest BCUT2D eigenvalue weighted by atomic mass is 32.1. The largest absolute Gasteiger partial charge is 0.351 e. The van der Waals surface area contributed by atoms with E-state index in [1.54, 1.807) is 46.8 Å². The van der Waals surface area contributed by atoms with E-state index in [0.29, 0.717) is 24.1 Å². The van der Waals surface area contributed by atoms with Crippen LogP contribution in [0.3, 0.4) is 0 Å². The minimum Gasteiger partial charge on any atom is -0.351 e. The van der Waals surface area contributed by atoms with Gasteiger partial charge in [-0.2, -0.15) is 5.10 Å². The lowest BCUT2D eigenvalue weighted by atomic mass is 10.1. The Hall–Kier alpha value is -4.76. The molecule has 0 saturated carbocycles. The fourth-order valence-corrected chi connectivity index (χ4v) is 4.73. The maximum absolute atomic E-state index is 13.4. The van der Waals surface area contributed by atoms with Crippen molar-refractivity contribution in [1.82, 2.24) is 30.0 Å². The summed E-state index contributed by atoms with van der Waals surface area (Å²) in [5.41, 5.74) is 4.00. The average Bonchev–Trinajstić information content (AvgIpc) is 3.74. The summed E-state index contributed by atoms with van der Waals surface area (Å²) >= 11 is 1.56. The highest BCUT2D eigenvalue weighted by Crippen LogP contribution is 2.29. The van der Waals surface area contributed by atoms with Gasteiger partial charge in [0.1, 0.15) is 11.4 Å². The summed E-state index contributed by atoms with van der Waals surface area (Å²) in [5.74, 6) is -0.728. The molecule has 196 valence electrons. The normalized spacial score (nSPS) is 11.4.